The summed E-state index contributed by atoms with van der Waals surface area (Å²) >= 11 is 0. The largest absolute Gasteiger partial charge is 0.448 e. The molecule has 0 unspecified atom stereocenters. The van der Waals surface area contributed by atoms with Crippen LogP contribution in [0.2, 0.25) is 0 Å². The number of aromatic nitrogens is 5. The minimum Gasteiger partial charge on any atom is -0.448 e. The number of aromatic amines is 1. The first-order valence-electron chi connectivity index (χ1n) is 23.1. The number of pyridine rings is 1. The fourth-order valence-electron chi connectivity index (χ4n) is 8.95. The average molecular weight is 947 g/mol. The third-order valence-corrected chi connectivity index (χ3v) is 12.7. The number of nitrogens with zero attached hydrogens (tertiary/aromatic N) is 7. The number of rotatable bonds is 16. The fraction of sp³-hybridized carbons (Fsp3) is 0.269. The lowest BCUT2D eigenvalue weighted by Crippen LogP contribution is -2.53. The van der Waals surface area contributed by atoms with Gasteiger partial charge in [-0.3, -0.25) is 24.1 Å². The number of hydrogen-bond donors (Lipinski definition) is 3. The minimum atomic E-state index is -0.701. The average Bonchev–Trinajstić information content (AvgIpc) is 4.00. The molecular formula is C52H51FN10O7. The number of amides is 4. The molecular weight excluding hydrogens is 896 g/mol. The highest BCUT2D eigenvalue weighted by molar-refractivity contribution is 5.98. The predicted octanol–water partition coefficient (Wildman–Crippen LogP) is 5.50. The zero-order valence-corrected chi connectivity index (χ0v) is 38.5. The molecule has 3 aromatic heterocycles. The Labute approximate surface area is 402 Å². The van der Waals surface area contributed by atoms with Crippen molar-refractivity contribution in [1.29, 1.82) is 0 Å². The van der Waals surface area contributed by atoms with Crippen LogP contribution in [0.5, 0.6) is 0 Å². The number of ether oxygens (including phenoxy) is 2. The van der Waals surface area contributed by atoms with Crippen LogP contribution < -0.4 is 16.6 Å². The van der Waals surface area contributed by atoms with Crippen LogP contribution in [-0.4, -0.2) is 129 Å². The van der Waals surface area contributed by atoms with Gasteiger partial charge >= 0.3 is 6.09 Å². The Kier molecular flexibility index (Phi) is 14.0. The number of fused-ring (bicyclic) bond motifs is 4. The van der Waals surface area contributed by atoms with Crippen molar-refractivity contribution in [3.05, 3.63) is 166 Å². The molecule has 9 rings (SSSR count). The molecule has 4 heterocycles. The molecule has 0 spiro atoms. The maximum absolute atomic E-state index is 15.3. The van der Waals surface area contributed by atoms with Gasteiger partial charge in [0.15, 0.2) is 5.69 Å². The van der Waals surface area contributed by atoms with E-state index in [1.807, 2.05) is 66.2 Å². The van der Waals surface area contributed by atoms with E-state index in [2.05, 4.69) is 25.5 Å². The molecule has 18 heteroatoms. The summed E-state index contributed by atoms with van der Waals surface area (Å²) in [5.41, 5.74) is 12.9. The first-order valence-corrected chi connectivity index (χ1v) is 23.1. The smallest absolute Gasteiger partial charge is 0.410 e. The number of carbonyl (C=O) groups is 4. The third kappa shape index (κ3) is 10.1. The topological polar surface area (TPSA) is 211 Å². The molecule has 1 fully saturated rings. The lowest BCUT2D eigenvalue weighted by atomic mass is 9.98. The van der Waals surface area contributed by atoms with Gasteiger partial charge in [-0.05, 0) is 59.0 Å². The lowest BCUT2D eigenvalue weighted by molar-refractivity contribution is -0.133. The third-order valence-electron chi connectivity index (χ3n) is 12.7. The summed E-state index contributed by atoms with van der Waals surface area (Å²) in [7, 11) is 0. The molecule has 1 aliphatic carbocycles. The number of hydrogen-bond acceptors (Lipinski definition) is 11. The molecule has 0 atom stereocenters. The molecule has 1 aliphatic heterocycles. The summed E-state index contributed by atoms with van der Waals surface area (Å²) in [6, 6.07) is 29.0. The number of H-pyrrole nitrogens is 1. The van der Waals surface area contributed by atoms with Crippen molar-refractivity contribution in [3.8, 4) is 22.4 Å². The Balaban J connectivity index is 0.808. The number of nitrogen functional groups attached to an aromatic ring is 1. The first kappa shape index (κ1) is 46.8. The van der Waals surface area contributed by atoms with Gasteiger partial charge in [-0.15, -0.1) is 0 Å². The second-order valence-corrected chi connectivity index (χ2v) is 17.1. The van der Waals surface area contributed by atoms with Crippen molar-refractivity contribution in [2.24, 2.45) is 0 Å². The highest BCUT2D eigenvalue weighted by Crippen LogP contribution is 2.44. The van der Waals surface area contributed by atoms with Gasteiger partial charge in [0, 0.05) is 81.5 Å². The molecule has 0 bridgehead atoms. The normalized spacial score (nSPS) is 13.2. The monoisotopic (exact) mass is 946 g/mol. The molecule has 2 aliphatic rings. The maximum Gasteiger partial charge on any atom is 0.410 e. The number of benzene rings is 4. The zero-order chi connectivity index (χ0) is 48.7. The van der Waals surface area contributed by atoms with E-state index in [0.717, 1.165) is 28.8 Å². The number of imidazole rings is 1. The van der Waals surface area contributed by atoms with Gasteiger partial charge in [-0.25, -0.2) is 24.3 Å². The van der Waals surface area contributed by atoms with Crippen LogP contribution >= 0.6 is 0 Å². The molecule has 358 valence electrons. The van der Waals surface area contributed by atoms with E-state index in [1.54, 1.807) is 53.8 Å². The highest BCUT2D eigenvalue weighted by atomic mass is 19.1. The number of nitrogens with one attached hydrogen (secondary N) is 2. The van der Waals surface area contributed by atoms with Crippen molar-refractivity contribution in [2.75, 3.05) is 71.4 Å². The van der Waals surface area contributed by atoms with E-state index < -0.39 is 23.7 Å². The standard InChI is InChI=1S/C52H51FN10O7/c1-2-60-29-46(57-32-60)34-27-44(54)48(56-28-34)50(66)55-17-23-69-24-22-63(52(68)70-31-42-37-11-5-3-9-35(37)36-10-4-6-12-38(36)42)30-47(64)61-18-20-62(21-19-61)51(67)41-25-33(15-16-43(41)53)26-45-39-13-7-8-14-40(39)49(65)59-58-45/h3-16,25,27-29,32,42H,2,17-24,26,30-31,54H2,1H3,(H,55,66)(H,59,65). The van der Waals surface area contributed by atoms with Gasteiger partial charge in [0.1, 0.15) is 19.0 Å². The minimum absolute atomic E-state index is 0.00142. The van der Waals surface area contributed by atoms with E-state index in [1.165, 1.54) is 21.9 Å². The number of aryl methyl sites for hydroxylation is 1. The predicted molar refractivity (Wildman–Crippen MR) is 259 cm³/mol. The molecule has 17 nitrogen and oxygen atoms in total. The fourth-order valence-corrected chi connectivity index (χ4v) is 8.95. The molecule has 1 saturated heterocycles. The number of nitrogens with two attached hydrogens (primary N) is 1. The van der Waals surface area contributed by atoms with Crippen molar-refractivity contribution >= 4 is 40.3 Å². The van der Waals surface area contributed by atoms with Gasteiger partial charge in [0.05, 0.1) is 47.6 Å². The Morgan fingerprint density at radius 1 is 0.871 bits per heavy atom. The van der Waals surface area contributed by atoms with Crippen LogP contribution in [0.25, 0.3) is 33.2 Å². The maximum atomic E-state index is 15.3. The van der Waals surface area contributed by atoms with E-state index in [0.29, 0.717) is 33.3 Å². The van der Waals surface area contributed by atoms with E-state index in [4.69, 9.17) is 15.2 Å². The molecule has 7 aromatic rings. The molecule has 4 N–H and O–H groups in total. The van der Waals surface area contributed by atoms with Gasteiger partial charge in [-0.1, -0.05) is 72.8 Å². The van der Waals surface area contributed by atoms with Gasteiger partial charge in [-0.2, -0.15) is 5.10 Å². The van der Waals surface area contributed by atoms with E-state index >= 15 is 4.39 Å². The molecule has 0 radical (unpaired) electrons. The summed E-state index contributed by atoms with van der Waals surface area (Å²) in [6.07, 6.45) is 4.67. The second kappa shape index (κ2) is 20.9. The Morgan fingerprint density at radius 2 is 1.57 bits per heavy atom. The summed E-state index contributed by atoms with van der Waals surface area (Å²) in [4.78, 5) is 79.8. The molecule has 4 aromatic carbocycles. The van der Waals surface area contributed by atoms with Crippen LogP contribution in [0, 0.1) is 5.82 Å². The SMILES string of the molecule is CCn1cnc(-c2cnc(C(=O)NCCOCCN(CC(=O)N3CCN(C(=O)c4cc(Cc5n[nH]c(=O)c6ccccc56)ccc4F)CC3)C(=O)OCC3c4ccccc4-c4ccccc43)c(N)c2)c1. The number of halogens is 1. The number of piperazine rings is 1. The van der Waals surface area contributed by atoms with Crippen LogP contribution in [0.15, 0.2) is 121 Å². The summed E-state index contributed by atoms with van der Waals surface area (Å²) < 4.78 is 29.0. The van der Waals surface area contributed by atoms with E-state index in [9.17, 15) is 24.0 Å². The number of anilines is 1. The van der Waals surface area contributed by atoms with Crippen molar-refractivity contribution in [3.63, 3.8) is 0 Å². The van der Waals surface area contributed by atoms with Crippen molar-refractivity contribution in [1.82, 2.24) is 44.7 Å². The van der Waals surface area contributed by atoms with Crippen molar-refractivity contribution < 1.29 is 33.0 Å². The summed E-state index contributed by atoms with van der Waals surface area (Å²) in [6.45, 7) is 3.28. The summed E-state index contributed by atoms with van der Waals surface area (Å²) in [5.74, 6) is -2.25. The van der Waals surface area contributed by atoms with Gasteiger partial charge in [0.25, 0.3) is 17.4 Å². The van der Waals surface area contributed by atoms with Gasteiger partial charge < -0.3 is 34.9 Å². The summed E-state index contributed by atoms with van der Waals surface area (Å²) in [5, 5.41) is 10.6. The first-order chi connectivity index (χ1) is 34.1. The second-order valence-electron chi connectivity index (χ2n) is 17.1. The van der Waals surface area contributed by atoms with Crippen LogP contribution in [0.3, 0.4) is 0 Å². The number of carbonyl (C=O) groups excluding carboxylic acids is 4. The van der Waals surface area contributed by atoms with Crippen molar-refractivity contribution in [2.45, 2.75) is 25.8 Å². The molecule has 4 amide bonds. The Morgan fingerprint density at radius 3 is 2.29 bits per heavy atom. The van der Waals surface area contributed by atoms with Crippen LogP contribution in [0.4, 0.5) is 14.9 Å². The highest BCUT2D eigenvalue weighted by Gasteiger charge is 2.32. The molecule has 0 saturated carbocycles. The van der Waals surface area contributed by atoms with Crippen LogP contribution in [0.1, 0.15) is 56.1 Å². The Hall–Kier alpha value is -8.25. The zero-order valence-electron chi connectivity index (χ0n) is 38.5. The quantitative estimate of drug-likeness (QED) is 0.103. The van der Waals surface area contributed by atoms with E-state index in [-0.39, 0.29) is 106 Å². The van der Waals surface area contributed by atoms with Crippen LogP contribution in [-0.2, 0) is 27.2 Å². The Bertz CT molecular complexity index is 3100. The lowest BCUT2D eigenvalue weighted by Gasteiger charge is -2.36. The molecule has 70 heavy (non-hydrogen) atoms. The van der Waals surface area contributed by atoms with Gasteiger partial charge in [0.2, 0.25) is 5.91 Å².